The molecule has 0 aliphatic heterocycles. The summed E-state index contributed by atoms with van der Waals surface area (Å²) in [5.41, 5.74) is 8.46. The highest BCUT2D eigenvalue weighted by Gasteiger charge is 2.04. The lowest BCUT2D eigenvalue weighted by molar-refractivity contribution is 0.268. The van der Waals surface area contributed by atoms with Crippen molar-refractivity contribution in [3.05, 3.63) is 35.4 Å². The van der Waals surface area contributed by atoms with E-state index in [9.17, 15) is 0 Å². The molecule has 0 aliphatic rings. The fourth-order valence-electron chi connectivity index (χ4n) is 1.97. The van der Waals surface area contributed by atoms with Crippen molar-refractivity contribution in [3.63, 3.8) is 0 Å². The van der Waals surface area contributed by atoms with Crippen LogP contribution in [-0.2, 0) is 13.0 Å². The van der Waals surface area contributed by atoms with E-state index < -0.39 is 0 Å². The van der Waals surface area contributed by atoms with Gasteiger partial charge in [0.1, 0.15) is 0 Å². The first-order valence-electron chi connectivity index (χ1n) is 6.80. The molecule has 0 saturated carbocycles. The molecule has 2 heteroatoms. The second-order valence-corrected chi connectivity index (χ2v) is 4.59. The normalized spacial score (nSPS) is 11.1. The molecule has 1 rings (SSSR count). The summed E-state index contributed by atoms with van der Waals surface area (Å²) in [6, 6.07) is 8.95. The van der Waals surface area contributed by atoms with Gasteiger partial charge in [-0.05, 0) is 30.5 Å². The van der Waals surface area contributed by atoms with Crippen molar-refractivity contribution in [1.82, 2.24) is 4.90 Å². The molecular weight excluding hydrogens is 208 g/mol. The first-order valence-corrected chi connectivity index (χ1v) is 6.80. The van der Waals surface area contributed by atoms with E-state index in [1.165, 1.54) is 24.0 Å². The fourth-order valence-corrected chi connectivity index (χ4v) is 1.97. The van der Waals surface area contributed by atoms with Crippen LogP contribution in [0.25, 0.3) is 0 Å². The predicted molar refractivity (Wildman–Crippen MR) is 75.1 cm³/mol. The summed E-state index contributed by atoms with van der Waals surface area (Å²) in [6.07, 6.45) is 3.62. The topological polar surface area (TPSA) is 29.3 Å². The van der Waals surface area contributed by atoms with Crippen LogP contribution in [0.1, 0.15) is 37.8 Å². The third-order valence-corrected chi connectivity index (χ3v) is 3.11. The zero-order valence-corrected chi connectivity index (χ0v) is 11.3. The standard InChI is InChI=1S/C15H26N2/c1-3-5-11-17(12-10-16)13-15-8-6-14(4-2)7-9-15/h6-9H,3-5,10-13,16H2,1-2H3. The number of nitrogens with two attached hydrogens (primary N) is 1. The van der Waals surface area contributed by atoms with Gasteiger partial charge in [-0.3, -0.25) is 4.90 Å². The lowest BCUT2D eigenvalue weighted by Crippen LogP contribution is -2.30. The molecule has 0 aliphatic carbocycles. The van der Waals surface area contributed by atoms with E-state index in [0.717, 1.165) is 32.6 Å². The minimum Gasteiger partial charge on any atom is -0.329 e. The Balaban J connectivity index is 2.51. The largest absolute Gasteiger partial charge is 0.329 e. The molecular formula is C15H26N2. The van der Waals surface area contributed by atoms with Gasteiger partial charge in [-0.25, -0.2) is 0 Å². The molecule has 0 bridgehead atoms. The Morgan fingerprint density at radius 1 is 1.00 bits per heavy atom. The highest BCUT2D eigenvalue weighted by Crippen LogP contribution is 2.08. The van der Waals surface area contributed by atoms with Crippen LogP contribution >= 0.6 is 0 Å². The average Bonchev–Trinajstić information content (AvgIpc) is 2.37. The van der Waals surface area contributed by atoms with Gasteiger partial charge in [0.15, 0.2) is 0 Å². The van der Waals surface area contributed by atoms with Crippen molar-refractivity contribution >= 4 is 0 Å². The molecule has 0 spiro atoms. The van der Waals surface area contributed by atoms with Crippen molar-refractivity contribution < 1.29 is 0 Å². The van der Waals surface area contributed by atoms with Crippen molar-refractivity contribution in [2.45, 2.75) is 39.7 Å². The summed E-state index contributed by atoms with van der Waals surface area (Å²) in [6.45, 7) is 8.35. The first-order chi connectivity index (χ1) is 8.30. The number of benzene rings is 1. The van der Waals surface area contributed by atoms with E-state index >= 15 is 0 Å². The van der Waals surface area contributed by atoms with E-state index in [1.807, 2.05) is 0 Å². The van der Waals surface area contributed by atoms with Crippen LogP contribution in [0.2, 0.25) is 0 Å². The zero-order valence-electron chi connectivity index (χ0n) is 11.3. The molecule has 0 atom stereocenters. The van der Waals surface area contributed by atoms with Crippen molar-refractivity contribution in [1.29, 1.82) is 0 Å². The molecule has 1 aromatic rings. The Labute approximate surface area is 106 Å². The van der Waals surface area contributed by atoms with Crippen LogP contribution in [0, 0.1) is 0 Å². The summed E-state index contributed by atoms with van der Waals surface area (Å²) in [4.78, 5) is 2.45. The third kappa shape index (κ3) is 5.33. The van der Waals surface area contributed by atoms with Gasteiger partial charge >= 0.3 is 0 Å². The zero-order chi connectivity index (χ0) is 12.5. The quantitative estimate of drug-likeness (QED) is 0.749. The smallest absolute Gasteiger partial charge is 0.0234 e. The number of unbranched alkanes of at least 4 members (excludes halogenated alkanes) is 1. The van der Waals surface area contributed by atoms with E-state index in [1.54, 1.807) is 0 Å². The summed E-state index contributed by atoms with van der Waals surface area (Å²) in [7, 11) is 0. The lowest BCUT2D eigenvalue weighted by atomic mass is 10.1. The third-order valence-electron chi connectivity index (χ3n) is 3.11. The monoisotopic (exact) mass is 234 g/mol. The maximum atomic E-state index is 5.66. The van der Waals surface area contributed by atoms with E-state index in [0.29, 0.717) is 0 Å². The number of nitrogens with zero attached hydrogens (tertiary/aromatic N) is 1. The van der Waals surface area contributed by atoms with E-state index in [-0.39, 0.29) is 0 Å². The average molecular weight is 234 g/mol. The molecule has 0 unspecified atom stereocenters. The lowest BCUT2D eigenvalue weighted by Gasteiger charge is -2.21. The summed E-state index contributed by atoms with van der Waals surface area (Å²) in [5.74, 6) is 0. The van der Waals surface area contributed by atoms with Crippen molar-refractivity contribution in [3.8, 4) is 0 Å². The number of aryl methyl sites for hydroxylation is 1. The van der Waals surface area contributed by atoms with E-state index in [2.05, 4.69) is 43.0 Å². The molecule has 0 amide bonds. The molecule has 2 nitrogen and oxygen atoms in total. The highest BCUT2D eigenvalue weighted by atomic mass is 15.1. The Morgan fingerprint density at radius 2 is 1.65 bits per heavy atom. The van der Waals surface area contributed by atoms with Gasteiger partial charge in [-0.15, -0.1) is 0 Å². The van der Waals surface area contributed by atoms with Crippen LogP contribution in [0.4, 0.5) is 0 Å². The van der Waals surface area contributed by atoms with Gasteiger partial charge in [0.25, 0.3) is 0 Å². The van der Waals surface area contributed by atoms with Gasteiger partial charge in [-0.1, -0.05) is 44.5 Å². The predicted octanol–water partition coefficient (Wildman–Crippen LogP) is 2.81. The molecule has 0 saturated heterocycles. The fraction of sp³-hybridized carbons (Fsp3) is 0.600. The molecule has 0 radical (unpaired) electrons. The van der Waals surface area contributed by atoms with Crippen LogP contribution in [0.5, 0.6) is 0 Å². The minimum atomic E-state index is 0.747. The SMILES string of the molecule is CCCCN(CCN)Cc1ccc(CC)cc1. The Hall–Kier alpha value is -0.860. The van der Waals surface area contributed by atoms with Crippen LogP contribution in [0.3, 0.4) is 0 Å². The van der Waals surface area contributed by atoms with Gasteiger partial charge in [0, 0.05) is 19.6 Å². The minimum absolute atomic E-state index is 0.747. The molecule has 2 N–H and O–H groups in total. The molecule has 17 heavy (non-hydrogen) atoms. The maximum absolute atomic E-state index is 5.66. The molecule has 96 valence electrons. The molecule has 1 aromatic carbocycles. The summed E-state index contributed by atoms with van der Waals surface area (Å²) in [5, 5.41) is 0. The van der Waals surface area contributed by atoms with Gasteiger partial charge < -0.3 is 5.73 Å². The molecule has 0 fully saturated rings. The second-order valence-electron chi connectivity index (χ2n) is 4.59. The van der Waals surface area contributed by atoms with Crippen LogP contribution in [-0.4, -0.2) is 24.5 Å². The van der Waals surface area contributed by atoms with Gasteiger partial charge in [0.2, 0.25) is 0 Å². The Bertz CT molecular complexity index is 292. The van der Waals surface area contributed by atoms with Crippen molar-refractivity contribution in [2.75, 3.05) is 19.6 Å². The Morgan fingerprint density at radius 3 is 2.18 bits per heavy atom. The molecule has 0 aromatic heterocycles. The molecule has 0 heterocycles. The van der Waals surface area contributed by atoms with E-state index in [4.69, 9.17) is 5.73 Å². The number of rotatable bonds is 8. The maximum Gasteiger partial charge on any atom is 0.0234 e. The van der Waals surface area contributed by atoms with Gasteiger partial charge in [0.05, 0.1) is 0 Å². The van der Waals surface area contributed by atoms with Crippen molar-refractivity contribution in [2.24, 2.45) is 5.73 Å². The number of hydrogen-bond acceptors (Lipinski definition) is 2. The summed E-state index contributed by atoms with van der Waals surface area (Å²) >= 11 is 0. The number of hydrogen-bond donors (Lipinski definition) is 1. The first kappa shape index (κ1) is 14.2. The van der Waals surface area contributed by atoms with Crippen LogP contribution in [0.15, 0.2) is 24.3 Å². The van der Waals surface area contributed by atoms with Gasteiger partial charge in [-0.2, -0.15) is 0 Å². The highest BCUT2D eigenvalue weighted by molar-refractivity contribution is 5.22. The Kier molecular flexibility index (Phi) is 6.90. The second kappa shape index (κ2) is 8.26. The van der Waals surface area contributed by atoms with Crippen LogP contribution < -0.4 is 5.73 Å². The summed E-state index contributed by atoms with van der Waals surface area (Å²) < 4.78 is 0.